The molecule has 0 aliphatic heterocycles. The van der Waals surface area contributed by atoms with Gasteiger partial charge in [-0.2, -0.15) is 0 Å². The van der Waals surface area contributed by atoms with Crippen molar-refractivity contribution in [2.24, 2.45) is 21.4 Å². The van der Waals surface area contributed by atoms with E-state index in [0.717, 1.165) is 18.6 Å². The highest BCUT2D eigenvalue weighted by molar-refractivity contribution is 6.36. The van der Waals surface area contributed by atoms with Crippen LogP contribution in [0.25, 0.3) is 0 Å². The Balaban J connectivity index is 1.90. The minimum absolute atomic E-state index is 0.105. The molecule has 146 valence electrons. The summed E-state index contributed by atoms with van der Waals surface area (Å²) in [5.74, 6) is -0.533. The van der Waals surface area contributed by atoms with Crippen molar-refractivity contribution in [2.45, 2.75) is 40.0 Å². The molecule has 2 saturated carbocycles. The minimum Gasteiger partial charge on any atom is -0.348 e. The second-order valence-electron chi connectivity index (χ2n) is 8.46. The fourth-order valence-corrected chi connectivity index (χ4v) is 5.21. The summed E-state index contributed by atoms with van der Waals surface area (Å²) in [4.78, 5) is 32.3. The van der Waals surface area contributed by atoms with E-state index in [4.69, 9.17) is 28.0 Å². The number of halogens is 2. The highest BCUT2D eigenvalue weighted by atomic mass is 35.5. The van der Waals surface area contributed by atoms with Gasteiger partial charge in [0.2, 0.25) is 5.91 Å². The van der Waals surface area contributed by atoms with Crippen LogP contribution in [0.2, 0.25) is 10.0 Å². The molecular formula is C20H24Cl2N2O3. The zero-order valence-corrected chi connectivity index (χ0v) is 17.7. The average molecular weight is 411 g/mol. The first kappa shape index (κ1) is 20.2. The van der Waals surface area contributed by atoms with E-state index in [2.05, 4.69) is 25.9 Å². The molecule has 1 aromatic rings. The van der Waals surface area contributed by atoms with Crippen LogP contribution < -0.4 is 0 Å². The Morgan fingerprint density at radius 2 is 1.81 bits per heavy atom. The molecule has 1 amide bonds. The van der Waals surface area contributed by atoms with Crippen molar-refractivity contribution in [1.29, 1.82) is 0 Å². The number of oxime groups is 1. The molecule has 2 bridgehead atoms. The molecule has 0 saturated heterocycles. The van der Waals surface area contributed by atoms with Gasteiger partial charge in [0.25, 0.3) is 0 Å². The molecule has 2 atom stereocenters. The summed E-state index contributed by atoms with van der Waals surface area (Å²) in [6, 6.07) is 4.57. The molecule has 3 rings (SSSR count). The normalized spacial score (nSPS) is 29.8. The van der Waals surface area contributed by atoms with Crippen LogP contribution in [0.1, 0.15) is 50.4 Å². The van der Waals surface area contributed by atoms with Gasteiger partial charge in [-0.3, -0.25) is 4.79 Å². The van der Waals surface area contributed by atoms with Crippen molar-refractivity contribution in [1.82, 2.24) is 4.90 Å². The number of nitrogens with zero attached hydrogens (tertiary/aromatic N) is 2. The van der Waals surface area contributed by atoms with Gasteiger partial charge in [-0.1, -0.05) is 49.1 Å². The van der Waals surface area contributed by atoms with E-state index >= 15 is 0 Å². The van der Waals surface area contributed by atoms with Crippen molar-refractivity contribution in [3.05, 3.63) is 33.8 Å². The maximum Gasteiger partial charge on any atom is 0.367 e. The molecule has 2 aliphatic rings. The number of amides is 1. The first-order valence-electron chi connectivity index (χ1n) is 8.92. The lowest BCUT2D eigenvalue weighted by atomic mass is 9.64. The van der Waals surface area contributed by atoms with Crippen LogP contribution in [0.5, 0.6) is 0 Å². The largest absolute Gasteiger partial charge is 0.367 e. The second-order valence-corrected chi connectivity index (χ2v) is 9.30. The second kappa shape index (κ2) is 6.49. The summed E-state index contributed by atoms with van der Waals surface area (Å²) in [5, 5.41) is 4.86. The van der Waals surface area contributed by atoms with Crippen molar-refractivity contribution >= 4 is 40.8 Å². The lowest BCUT2D eigenvalue weighted by molar-refractivity contribution is -0.144. The monoisotopic (exact) mass is 410 g/mol. The van der Waals surface area contributed by atoms with Crippen molar-refractivity contribution in [2.75, 3.05) is 14.1 Å². The zero-order chi connectivity index (χ0) is 20.2. The summed E-state index contributed by atoms with van der Waals surface area (Å²) in [7, 11) is 3.56. The number of carbonyl (C=O) groups excluding carboxylic acids is 2. The van der Waals surface area contributed by atoms with E-state index in [1.54, 1.807) is 25.1 Å². The van der Waals surface area contributed by atoms with E-state index in [-0.39, 0.29) is 27.3 Å². The molecule has 0 radical (unpaired) electrons. The van der Waals surface area contributed by atoms with E-state index in [9.17, 15) is 9.59 Å². The van der Waals surface area contributed by atoms with Crippen LogP contribution in [0.4, 0.5) is 0 Å². The molecule has 7 heteroatoms. The van der Waals surface area contributed by atoms with Gasteiger partial charge in [-0.15, -0.1) is 0 Å². The van der Waals surface area contributed by atoms with Gasteiger partial charge < -0.3 is 9.74 Å². The lowest BCUT2D eigenvalue weighted by Crippen LogP contribution is -2.46. The summed E-state index contributed by atoms with van der Waals surface area (Å²) in [6.45, 7) is 6.33. The Labute approximate surface area is 169 Å². The predicted molar refractivity (Wildman–Crippen MR) is 106 cm³/mol. The van der Waals surface area contributed by atoms with Gasteiger partial charge >= 0.3 is 5.97 Å². The van der Waals surface area contributed by atoms with Crippen LogP contribution in [-0.2, 0) is 9.63 Å². The number of rotatable bonds is 3. The number of fused-ring (bicyclic) bond motifs is 2. The van der Waals surface area contributed by atoms with Crippen molar-refractivity contribution in [3.8, 4) is 0 Å². The highest BCUT2D eigenvalue weighted by Gasteiger charge is 2.72. The molecule has 27 heavy (non-hydrogen) atoms. The van der Waals surface area contributed by atoms with E-state index in [1.807, 2.05) is 0 Å². The fourth-order valence-electron chi connectivity index (χ4n) is 4.72. The third kappa shape index (κ3) is 2.78. The molecule has 0 spiro atoms. The van der Waals surface area contributed by atoms with Crippen LogP contribution in [0.15, 0.2) is 23.4 Å². The molecule has 2 aliphatic carbocycles. The highest BCUT2D eigenvalue weighted by Crippen LogP contribution is 2.71. The summed E-state index contributed by atoms with van der Waals surface area (Å²) in [6.07, 6.45) is 2.14. The first-order chi connectivity index (χ1) is 12.5. The van der Waals surface area contributed by atoms with E-state index in [1.165, 1.54) is 12.1 Å². The summed E-state index contributed by atoms with van der Waals surface area (Å²) < 4.78 is 0. The van der Waals surface area contributed by atoms with Crippen molar-refractivity contribution in [3.63, 3.8) is 0 Å². The van der Waals surface area contributed by atoms with E-state index < -0.39 is 11.4 Å². The van der Waals surface area contributed by atoms with Gasteiger partial charge in [0, 0.05) is 31.0 Å². The Bertz CT molecular complexity index is 850. The van der Waals surface area contributed by atoms with Crippen LogP contribution >= 0.6 is 23.2 Å². The first-order valence-corrected chi connectivity index (χ1v) is 9.67. The third-order valence-electron chi connectivity index (χ3n) is 6.94. The number of hydrogen-bond donors (Lipinski definition) is 0. The Kier molecular flexibility index (Phi) is 4.84. The molecule has 0 aromatic heterocycles. The molecular weight excluding hydrogens is 387 g/mol. The van der Waals surface area contributed by atoms with Gasteiger partial charge in [0.1, 0.15) is 0 Å². The molecule has 2 fully saturated rings. The smallest absolute Gasteiger partial charge is 0.348 e. The van der Waals surface area contributed by atoms with Crippen LogP contribution in [-0.4, -0.2) is 36.6 Å². The number of benzene rings is 1. The third-order valence-corrected chi connectivity index (χ3v) is 7.49. The SMILES string of the molecule is CN(C)C(=O)C12CCC(C)(/C(=N\OC(=O)c3ccc(Cl)cc3Cl)C1)C2(C)C. The molecule has 0 heterocycles. The van der Waals surface area contributed by atoms with Gasteiger partial charge in [0.05, 0.1) is 21.7 Å². The maximum absolute atomic E-state index is 13.0. The Morgan fingerprint density at radius 1 is 1.15 bits per heavy atom. The summed E-state index contributed by atoms with van der Waals surface area (Å²) >= 11 is 11.9. The average Bonchev–Trinajstić information content (AvgIpc) is 2.89. The lowest BCUT2D eigenvalue weighted by Gasteiger charge is -2.40. The van der Waals surface area contributed by atoms with Gasteiger partial charge in [-0.05, 0) is 36.5 Å². The maximum atomic E-state index is 13.0. The predicted octanol–water partition coefficient (Wildman–Crippen LogP) is 4.81. The molecule has 0 N–H and O–H groups in total. The topological polar surface area (TPSA) is 59.0 Å². The molecule has 5 nitrogen and oxygen atoms in total. The minimum atomic E-state index is -0.638. The molecule has 1 aromatic carbocycles. The number of carbonyl (C=O) groups is 2. The fraction of sp³-hybridized carbons (Fsp3) is 0.550. The van der Waals surface area contributed by atoms with Gasteiger partial charge in [0.15, 0.2) is 0 Å². The van der Waals surface area contributed by atoms with E-state index in [0.29, 0.717) is 11.4 Å². The Morgan fingerprint density at radius 3 is 2.41 bits per heavy atom. The Hall–Kier alpha value is -1.59. The van der Waals surface area contributed by atoms with Crippen LogP contribution in [0.3, 0.4) is 0 Å². The van der Waals surface area contributed by atoms with Crippen molar-refractivity contribution < 1.29 is 14.4 Å². The zero-order valence-electron chi connectivity index (χ0n) is 16.2. The number of hydrogen-bond acceptors (Lipinski definition) is 4. The summed E-state index contributed by atoms with van der Waals surface area (Å²) in [5.41, 5.74) is -0.147. The van der Waals surface area contributed by atoms with Gasteiger partial charge in [-0.25, -0.2) is 4.79 Å². The standard InChI is InChI=1S/C20H24Cl2N2O3/c1-18(2)19(3)8-9-20(18,17(26)24(4)5)11-15(19)23-27-16(25)13-7-6-12(21)10-14(13)22/h6-7,10H,8-9,11H2,1-5H3/b23-15-. The quantitative estimate of drug-likeness (QED) is 0.530. The molecule has 2 unspecified atom stereocenters. The van der Waals surface area contributed by atoms with Crippen LogP contribution in [0, 0.1) is 16.2 Å².